The molecule has 0 N–H and O–H groups in total. The summed E-state index contributed by atoms with van der Waals surface area (Å²) in [6, 6.07) is 24.4. The monoisotopic (exact) mass is 600 g/mol. The Kier molecular flexibility index (Phi) is 14.4. The number of hydrogen-bond acceptors (Lipinski definition) is 2. The molecule has 0 aliphatic heterocycles. The first-order valence-electron chi connectivity index (χ1n) is 10.8. The molecule has 0 atom stereocenters. The zero-order chi connectivity index (χ0) is 25.6. The van der Waals surface area contributed by atoms with Crippen LogP contribution in [0.5, 0.6) is 0 Å². The van der Waals surface area contributed by atoms with E-state index in [1.807, 2.05) is 85.0 Å². The summed E-state index contributed by atoms with van der Waals surface area (Å²) in [6.07, 6.45) is 20.0. The second-order valence-electron chi connectivity index (χ2n) is 6.91. The third kappa shape index (κ3) is 10.9. The van der Waals surface area contributed by atoms with Crippen molar-refractivity contribution in [2.45, 2.75) is 12.8 Å². The van der Waals surface area contributed by atoms with E-state index in [0.717, 1.165) is 24.2 Å². The predicted molar refractivity (Wildman–Crippen MR) is 148 cm³/mol. The van der Waals surface area contributed by atoms with Gasteiger partial charge in [0.15, 0.2) is 0 Å². The zero-order valence-corrected chi connectivity index (χ0v) is 24.0. The topological polar surface area (TPSA) is 35.6 Å². The van der Waals surface area contributed by atoms with Crippen molar-refractivity contribution in [3.05, 3.63) is 142 Å². The Morgan fingerprint density at radius 3 is 1.19 bits per heavy atom. The van der Waals surface area contributed by atoms with Crippen LogP contribution >= 0.6 is 46.4 Å². The number of allylic oxidation sites excluding steroid dienone is 8. The van der Waals surface area contributed by atoms with Crippen LogP contribution in [0.1, 0.15) is 12.8 Å². The van der Waals surface area contributed by atoms with E-state index >= 15 is 0 Å². The summed E-state index contributed by atoms with van der Waals surface area (Å²) >= 11 is 23.0. The fraction of sp³-hybridized carbons (Fsp3) is 0.0714. The van der Waals surface area contributed by atoms with Crippen molar-refractivity contribution in [1.82, 2.24) is 19.6 Å². The van der Waals surface area contributed by atoms with Crippen LogP contribution in [0.3, 0.4) is 0 Å². The smallest absolute Gasteiger partial charge is 0.392 e. The maximum absolute atomic E-state index is 5.84. The van der Waals surface area contributed by atoms with E-state index in [2.05, 4.69) is 46.6 Å². The molecule has 2 aliphatic carbocycles. The molecule has 0 saturated carbocycles. The summed E-state index contributed by atoms with van der Waals surface area (Å²) < 4.78 is 3.06. The molecule has 0 spiro atoms. The maximum atomic E-state index is 5.84. The Balaban J connectivity index is 0.000000187. The van der Waals surface area contributed by atoms with Crippen LogP contribution in [-0.2, 0) is 21.7 Å². The van der Waals surface area contributed by atoms with Crippen molar-refractivity contribution < 1.29 is 21.7 Å². The molecule has 2 aromatic carbocycles. The van der Waals surface area contributed by atoms with Crippen LogP contribution in [0.4, 0.5) is 0 Å². The van der Waals surface area contributed by atoms with Crippen LogP contribution in [0.25, 0.3) is 11.4 Å². The number of hydrogen-bond donors (Lipinski definition) is 0. The second kappa shape index (κ2) is 17.2. The van der Waals surface area contributed by atoms with Gasteiger partial charge in [-0.15, -0.1) is 59.2 Å². The van der Waals surface area contributed by atoms with E-state index in [4.69, 9.17) is 46.4 Å². The molecule has 0 amide bonds. The van der Waals surface area contributed by atoms with Crippen molar-refractivity contribution in [1.29, 1.82) is 0 Å². The quantitative estimate of drug-likeness (QED) is 0.170. The first kappa shape index (κ1) is 30.9. The average Bonchev–Trinajstić information content (AvgIpc) is 3.72. The summed E-state index contributed by atoms with van der Waals surface area (Å²) in [4.78, 5) is 0. The molecule has 2 aromatic heterocycles. The van der Waals surface area contributed by atoms with Gasteiger partial charge in [0.2, 0.25) is 0 Å². The van der Waals surface area contributed by atoms with Crippen molar-refractivity contribution in [3.8, 4) is 11.4 Å². The first-order valence-corrected chi connectivity index (χ1v) is 12.3. The minimum atomic E-state index is 0. The second-order valence-corrected chi connectivity index (χ2v) is 8.35. The fourth-order valence-electron chi connectivity index (χ4n) is 2.75. The SMILES string of the molecule is Clc1[c-]c(Cl)n(-c2ccccc2)n1.Clc1[c-]c(Cl)n(-c2ccccc2)n1.[C-]1=CC=CC1.[C-]1=CC=CC1.[Ti+4]. The van der Waals surface area contributed by atoms with Crippen LogP contribution in [0.2, 0.25) is 20.6 Å². The molecule has 0 bridgehead atoms. The Morgan fingerprint density at radius 1 is 0.595 bits per heavy atom. The van der Waals surface area contributed by atoms with Crippen molar-refractivity contribution >= 4 is 46.4 Å². The van der Waals surface area contributed by atoms with E-state index in [9.17, 15) is 0 Å². The van der Waals surface area contributed by atoms with Crippen molar-refractivity contribution in [2.75, 3.05) is 0 Å². The largest absolute Gasteiger partial charge is 4.00 e. The zero-order valence-electron chi connectivity index (χ0n) is 19.5. The van der Waals surface area contributed by atoms with Crippen LogP contribution in [0.15, 0.2) is 97.1 Å². The van der Waals surface area contributed by atoms with Gasteiger partial charge in [-0.2, -0.15) is 22.3 Å². The van der Waals surface area contributed by atoms with E-state index in [1.54, 1.807) is 0 Å². The summed E-state index contributed by atoms with van der Waals surface area (Å²) in [6.45, 7) is 0. The molecule has 2 aliphatic rings. The molecule has 0 saturated heterocycles. The number of benzene rings is 2. The summed E-state index contributed by atoms with van der Waals surface area (Å²) in [7, 11) is 0. The van der Waals surface area contributed by atoms with Gasteiger partial charge in [-0.25, -0.2) is 24.3 Å². The molecule has 6 rings (SSSR count). The van der Waals surface area contributed by atoms with E-state index in [0.29, 0.717) is 10.3 Å². The van der Waals surface area contributed by atoms with E-state index in [-0.39, 0.29) is 32.0 Å². The molecule has 2 heterocycles. The van der Waals surface area contributed by atoms with Crippen molar-refractivity contribution in [3.63, 3.8) is 0 Å². The number of para-hydroxylation sites is 2. The molecular formula is C28H20Cl4N4Ti. The van der Waals surface area contributed by atoms with Crippen LogP contribution in [-0.4, -0.2) is 19.6 Å². The summed E-state index contributed by atoms with van der Waals surface area (Å²) in [5.74, 6) is 0. The van der Waals surface area contributed by atoms with Gasteiger partial charge in [0, 0.05) is 0 Å². The van der Waals surface area contributed by atoms with Gasteiger partial charge in [-0.1, -0.05) is 36.4 Å². The molecule has 0 radical (unpaired) electrons. The Morgan fingerprint density at radius 2 is 0.973 bits per heavy atom. The minimum Gasteiger partial charge on any atom is -0.392 e. The van der Waals surface area contributed by atoms with Crippen molar-refractivity contribution in [2.24, 2.45) is 0 Å². The van der Waals surface area contributed by atoms with Gasteiger partial charge < -0.3 is 12.1 Å². The number of rotatable bonds is 2. The Labute approximate surface area is 252 Å². The third-order valence-electron chi connectivity index (χ3n) is 4.33. The van der Waals surface area contributed by atoms with Gasteiger partial charge in [-0.05, 0) is 44.9 Å². The molecule has 0 unspecified atom stereocenters. The van der Waals surface area contributed by atoms with Crippen LogP contribution < -0.4 is 0 Å². The predicted octanol–water partition coefficient (Wildman–Crippen LogP) is 8.57. The Bertz CT molecular complexity index is 1200. The third-order valence-corrected chi connectivity index (χ3v) is 5.18. The van der Waals surface area contributed by atoms with Gasteiger partial charge in [-0.3, -0.25) is 21.5 Å². The number of halogens is 4. The molecule has 9 heteroatoms. The van der Waals surface area contributed by atoms with Gasteiger partial charge in [0.1, 0.15) is 0 Å². The average molecular weight is 602 g/mol. The molecule has 184 valence electrons. The molecule has 4 nitrogen and oxygen atoms in total. The molecule has 37 heavy (non-hydrogen) atoms. The summed E-state index contributed by atoms with van der Waals surface area (Å²) in [5, 5.41) is 9.27. The van der Waals surface area contributed by atoms with Gasteiger partial charge in [0.05, 0.1) is 11.4 Å². The van der Waals surface area contributed by atoms with Gasteiger partial charge >= 0.3 is 21.7 Å². The molecule has 4 aromatic rings. The molecular weight excluding hydrogens is 582 g/mol. The first-order chi connectivity index (χ1) is 17.5. The normalized spacial score (nSPS) is 12.0. The van der Waals surface area contributed by atoms with Gasteiger partial charge in [0.25, 0.3) is 0 Å². The summed E-state index contributed by atoms with van der Waals surface area (Å²) in [5.41, 5.74) is 1.74. The van der Waals surface area contributed by atoms with Crippen LogP contribution in [0, 0.1) is 24.3 Å². The number of aromatic nitrogens is 4. The minimum absolute atomic E-state index is 0. The fourth-order valence-corrected chi connectivity index (χ4v) is 3.63. The molecule has 0 fully saturated rings. The van der Waals surface area contributed by atoms with E-state index < -0.39 is 0 Å². The maximum Gasteiger partial charge on any atom is 4.00 e. The van der Waals surface area contributed by atoms with E-state index in [1.165, 1.54) is 9.36 Å². The number of nitrogens with zero attached hydrogens (tertiary/aromatic N) is 4. The Hall–Kier alpha value is -2.31. The standard InChI is InChI=1S/2C9H5Cl2N2.2C5H5.Ti/c2*10-8-6-9(11)13(12-8)7-4-2-1-3-5-7;2*1-2-4-5-3-1;/h2*1-5H;2*1-3H,4H2;/q4*-1;+4.